The minimum atomic E-state index is -1.38. The van der Waals surface area contributed by atoms with Crippen LogP contribution >= 0.6 is 0 Å². The van der Waals surface area contributed by atoms with Crippen molar-refractivity contribution in [3.8, 4) is 0 Å². The molecule has 0 saturated carbocycles. The molecule has 1 aliphatic heterocycles. The summed E-state index contributed by atoms with van der Waals surface area (Å²) in [5, 5.41) is 10.9. The number of ether oxygens (including phenoxy) is 2. The third-order valence-corrected chi connectivity index (χ3v) is 1.88. The van der Waals surface area contributed by atoms with Gasteiger partial charge in [0.05, 0.1) is 6.42 Å². The number of carbonyl (C=O) groups excluding carboxylic acids is 2. The summed E-state index contributed by atoms with van der Waals surface area (Å²) >= 11 is 0. The number of amides is 2. The van der Waals surface area contributed by atoms with Crippen molar-refractivity contribution in [3.63, 3.8) is 0 Å². The van der Waals surface area contributed by atoms with Crippen LogP contribution in [0.25, 0.3) is 0 Å². The number of nitrogens with one attached hydrogen (secondary N) is 1. The summed E-state index contributed by atoms with van der Waals surface area (Å²) < 4.78 is 9.78. The van der Waals surface area contributed by atoms with Crippen molar-refractivity contribution in [2.24, 2.45) is 5.73 Å². The number of primary amides is 1. The Morgan fingerprint density at radius 2 is 2.18 bits per heavy atom. The SMILES string of the molecule is NC(=O)C[C@H](NC(=O)C1=COCCO1)C(=O)O. The normalized spacial score (nSPS) is 15.9. The van der Waals surface area contributed by atoms with E-state index in [1.807, 2.05) is 0 Å². The van der Waals surface area contributed by atoms with Gasteiger partial charge in [0.1, 0.15) is 25.5 Å². The fraction of sp³-hybridized carbons (Fsp3) is 0.444. The van der Waals surface area contributed by atoms with Crippen molar-refractivity contribution in [1.82, 2.24) is 5.32 Å². The fourth-order valence-corrected chi connectivity index (χ4v) is 1.12. The maximum Gasteiger partial charge on any atom is 0.326 e. The molecule has 0 unspecified atom stereocenters. The van der Waals surface area contributed by atoms with E-state index >= 15 is 0 Å². The number of hydrogen-bond acceptors (Lipinski definition) is 5. The lowest BCUT2D eigenvalue weighted by molar-refractivity contribution is -0.143. The molecule has 1 rings (SSSR count). The van der Waals surface area contributed by atoms with Gasteiger partial charge in [0.25, 0.3) is 5.91 Å². The highest BCUT2D eigenvalue weighted by atomic mass is 16.6. The van der Waals surface area contributed by atoms with E-state index in [4.69, 9.17) is 20.3 Å². The highest BCUT2D eigenvalue weighted by molar-refractivity contribution is 5.95. The number of carboxylic acids is 1. The molecule has 0 spiro atoms. The zero-order chi connectivity index (χ0) is 12.8. The van der Waals surface area contributed by atoms with E-state index in [1.54, 1.807) is 0 Å². The second-order valence-electron chi connectivity index (χ2n) is 3.24. The maximum absolute atomic E-state index is 11.5. The van der Waals surface area contributed by atoms with Crippen molar-refractivity contribution < 1.29 is 29.0 Å². The first-order chi connectivity index (χ1) is 8.00. The molecule has 1 atom stereocenters. The summed E-state index contributed by atoms with van der Waals surface area (Å²) in [5.41, 5.74) is 4.86. The highest BCUT2D eigenvalue weighted by Crippen LogP contribution is 2.05. The number of hydrogen-bond donors (Lipinski definition) is 3. The highest BCUT2D eigenvalue weighted by Gasteiger charge is 2.25. The van der Waals surface area contributed by atoms with Gasteiger partial charge < -0.3 is 25.6 Å². The zero-order valence-electron chi connectivity index (χ0n) is 8.84. The molecule has 0 radical (unpaired) electrons. The summed E-state index contributed by atoms with van der Waals surface area (Å²) in [4.78, 5) is 32.8. The molecule has 0 saturated heterocycles. The molecule has 8 heteroatoms. The van der Waals surface area contributed by atoms with Crippen molar-refractivity contribution in [3.05, 3.63) is 12.0 Å². The van der Waals surface area contributed by atoms with Crippen LogP contribution in [-0.4, -0.2) is 42.1 Å². The molecule has 1 aliphatic rings. The topological polar surface area (TPSA) is 128 Å². The number of rotatable bonds is 5. The van der Waals surface area contributed by atoms with E-state index in [9.17, 15) is 14.4 Å². The van der Waals surface area contributed by atoms with Gasteiger partial charge in [-0.2, -0.15) is 0 Å². The van der Waals surface area contributed by atoms with Crippen LogP contribution in [-0.2, 0) is 23.9 Å². The van der Waals surface area contributed by atoms with Gasteiger partial charge in [-0.15, -0.1) is 0 Å². The van der Waals surface area contributed by atoms with Crippen LogP contribution < -0.4 is 11.1 Å². The molecule has 94 valence electrons. The van der Waals surface area contributed by atoms with E-state index < -0.39 is 30.2 Å². The quantitative estimate of drug-likeness (QED) is 0.530. The molecule has 0 aromatic rings. The molecule has 0 aliphatic carbocycles. The standard InChI is InChI=1S/C9H12N2O6/c10-7(12)3-5(9(14)15)11-8(13)6-4-16-1-2-17-6/h4-5H,1-3H2,(H2,10,12)(H,11,13)(H,14,15)/t5-/m0/s1. The summed E-state index contributed by atoms with van der Waals surface area (Å²) in [7, 11) is 0. The van der Waals surface area contributed by atoms with Crippen LogP contribution in [0.4, 0.5) is 0 Å². The molecular weight excluding hydrogens is 232 g/mol. The third kappa shape index (κ3) is 4.01. The van der Waals surface area contributed by atoms with Gasteiger partial charge >= 0.3 is 5.97 Å². The van der Waals surface area contributed by atoms with Crippen LogP contribution in [0.2, 0.25) is 0 Å². The predicted octanol–water partition coefficient (Wildman–Crippen LogP) is -1.68. The Kier molecular flexibility index (Phi) is 4.32. The Balaban J connectivity index is 2.60. The Morgan fingerprint density at radius 1 is 1.47 bits per heavy atom. The van der Waals surface area contributed by atoms with Crippen molar-refractivity contribution in [2.75, 3.05) is 13.2 Å². The molecule has 0 fully saturated rings. The van der Waals surface area contributed by atoms with Gasteiger partial charge in [-0.25, -0.2) is 4.79 Å². The molecule has 2 amide bonds. The fourth-order valence-electron chi connectivity index (χ4n) is 1.12. The smallest absolute Gasteiger partial charge is 0.326 e. The number of aliphatic carboxylic acids is 1. The lowest BCUT2D eigenvalue weighted by atomic mass is 10.2. The van der Waals surface area contributed by atoms with Gasteiger partial charge in [0.2, 0.25) is 11.7 Å². The zero-order valence-corrected chi connectivity index (χ0v) is 8.84. The molecule has 0 bridgehead atoms. The van der Waals surface area contributed by atoms with Crippen molar-refractivity contribution >= 4 is 17.8 Å². The minimum Gasteiger partial charge on any atom is -0.494 e. The predicted molar refractivity (Wildman–Crippen MR) is 53.4 cm³/mol. The van der Waals surface area contributed by atoms with E-state index in [2.05, 4.69) is 5.32 Å². The molecule has 1 heterocycles. The summed E-state index contributed by atoms with van der Waals surface area (Å²) in [6.07, 6.45) is 0.594. The summed E-state index contributed by atoms with van der Waals surface area (Å²) in [6.45, 7) is 0.521. The van der Waals surface area contributed by atoms with E-state index in [0.29, 0.717) is 6.61 Å². The van der Waals surface area contributed by atoms with Crippen LogP contribution in [0, 0.1) is 0 Å². The Morgan fingerprint density at radius 3 is 2.65 bits per heavy atom. The number of nitrogens with two attached hydrogens (primary N) is 1. The van der Waals surface area contributed by atoms with Gasteiger partial charge in [-0.1, -0.05) is 0 Å². The van der Waals surface area contributed by atoms with E-state index in [0.717, 1.165) is 6.26 Å². The Labute approximate surface area is 96.4 Å². The first-order valence-corrected chi connectivity index (χ1v) is 4.77. The van der Waals surface area contributed by atoms with Gasteiger partial charge in [-0.05, 0) is 0 Å². The van der Waals surface area contributed by atoms with Crippen molar-refractivity contribution in [1.29, 1.82) is 0 Å². The average molecular weight is 244 g/mol. The van der Waals surface area contributed by atoms with E-state index in [1.165, 1.54) is 0 Å². The first-order valence-electron chi connectivity index (χ1n) is 4.77. The molecule has 4 N–H and O–H groups in total. The second-order valence-corrected chi connectivity index (χ2v) is 3.24. The third-order valence-electron chi connectivity index (χ3n) is 1.88. The maximum atomic E-state index is 11.5. The average Bonchev–Trinajstić information content (AvgIpc) is 2.28. The van der Waals surface area contributed by atoms with Gasteiger partial charge in [-0.3, -0.25) is 9.59 Å². The first kappa shape index (κ1) is 12.8. The summed E-state index contributed by atoms with van der Waals surface area (Å²) in [6, 6.07) is -1.38. The Bertz CT molecular complexity index is 364. The van der Waals surface area contributed by atoms with Crippen molar-refractivity contribution in [2.45, 2.75) is 12.5 Å². The molecule has 8 nitrogen and oxygen atoms in total. The largest absolute Gasteiger partial charge is 0.494 e. The second kappa shape index (κ2) is 5.73. The minimum absolute atomic E-state index is 0.132. The molecule has 0 aromatic heterocycles. The van der Waals surface area contributed by atoms with E-state index in [-0.39, 0.29) is 12.4 Å². The Hall–Kier alpha value is -2.25. The van der Waals surface area contributed by atoms with Crippen LogP contribution in [0.5, 0.6) is 0 Å². The molecule has 17 heavy (non-hydrogen) atoms. The number of carbonyl (C=O) groups is 3. The monoisotopic (exact) mass is 244 g/mol. The molecular formula is C9H12N2O6. The summed E-state index contributed by atoms with van der Waals surface area (Å²) in [5.74, 6) is -3.08. The van der Waals surface area contributed by atoms with Crippen LogP contribution in [0.15, 0.2) is 12.0 Å². The lowest BCUT2D eigenvalue weighted by Gasteiger charge is -2.17. The van der Waals surface area contributed by atoms with Crippen LogP contribution in [0.1, 0.15) is 6.42 Å². The molecule has 0 aromatic carbocycles. The van der Waals surface area contributed by atoms with Gasteiger partial charge in [0, 0.05) is 0 Å². The number of carboxylic acid groups (broad SMARTS) is 1. The van der Waals surface area contributed by atoms with Crippen LogP contribution in [0.3, 0.4) is 0 Å². The van der Waals surface area contributed by atoms with Gasteiger partial charge in [0.15, 0.2) is 0 Å². The lowest BCUT2D eigenvalue weighted by Crippen LogP contribution is -2.44.